The Bertz CT molecular complexity index is 942. The van der Waals surface area contributed by atoms with Crippen molar-refractivity contribution in [3.8, 4) is 0 Å². The molecule has 3 rings (SSSR count). The van der Waals surface area contributed by atoms with Crippen LogP contribution >= 0.6 is 23.2 Å². The maximum atomic E-state index is 12.4. The van der Waals surface area contributed by atoms with Crippen LogP contribution in [0.15, 0.2) is 47.4 Å². The van der Waals surface area contributed by atoms with Crippen molar-refractivity contribution in [3.05, 3.63) is 63.6 Å². The molecule has 26 heavy (non-hydrogen) atoms. The summed E-state index contributed by atoms with van der Waals surface area (Å²) in [4.78, 5) is 12.3. The Hall–Kier alpha value is -1.60. The average Bonchev–Trinajstić information content (AvgIpc) is 3.38. The quantitative estimate of drug-likeness (QED) is 0.714. The molecule has 1 saturated carbocycles. The van der Waals surface area contributed by atoms with Gasteiger partial charge in [0, 0.05) is 16.6 Å². The van der Waals surface area contributed by atoms with Gasteiger partial charge < -0.3 is 4.74 Å². The molecule has 1 fully saturated rings. The zero-order valence-corrected chi connectivity index (χ0v) is 16.2. The van der Waals surface area contributed by atoms with Gasteiger partial charge in [-0.15, -0.1) is 0 Å². The van der Waals surface area contributed by atoms with Crippen LogP contribution in [0.5, 0.6) is 0 Å². The van der Waals surface area contributed by atoms with Crippen LogP contribution in [-0.2, 0) is 14.8 Å². The molecule has 2 aromatic carbocycles. The Balaban J connectivity index is 1.81. The maximum absolute atomic E-state index is 12.4. The highest BCUT2D eigenvalue weighted by molar-refractivity contribution is 7.89. The number of halogens is 2. The van der Waals surface area contributed by atoms with Crippen molar-refractivity contribution in [2.24, 2.45) is 0 Å². The second kappa shape index (κ2) is 7.56. The monoisotopic (exact) mass is 413 g/mol. The fourth-order valence-electron chi connectivity index (χ4n) is 2.42. The molecule has 0 spiro atoms. The van der Waals surface area contributed by atoms with Crippen molar-refractivity contribution in [1.82, 2.24) is 4.72 Å². The number of hydrogen-bond acceptors (Lipinski definition) is 4. The van der Waals surface area contributed by atoms with Gasteiger partial charge in [0.25, 0.3) is 0 Å². The molecule has 0 bridgehead atoms. The molecule has 1 atom stereocenters. The van der Waals surface area contributed by atoms with Crippen LogP contribution in [0.25, 0.3) is 0 Å². The number of ether oxygens (including phenoxy) is 1. The largest absolute Gasteiger partial charge is 0.454 e. The SMILES string of the molecule is CC(OC(=O)c1ccc(Cl)c(S(=O)(=O)NC2CC2)c1)c1ccccc1Cl. The molecule has 8 heteroatoms. The Morgan fingerprint density at radius 1 is 1.15 bits per heavy atom. The molecule has 1 aliphatic carbocycles. The number of carbonyl (C=O) groups is 1. The van der Waals surface area contributed by atoms with Gasteiger partial charge in [-0.1, -0.05) is 41.4 Å². The van der Waals surface area contributed by atoms with E-state index in [1.165, 1.54) is 18.2 Å². The number of sulfonamides is 1. The smallest absolute Gasteiger partial charge is 0.338 e. The van der Waals surface area contributed by atoms with Gasteiger partial charge in [-0.25, -0.2) is 17.9 Å². The van der Waals surface area contributed by atoms with Crippen LogP contribution in [-0.4, -0.2) is 20.4 Å². The minimum Gasteiger partial charge on any atom is -0.454 e. The Morgan fingerprint density at radius 3 is 2.50 bits per heavy atom. The molecule has 0 heterocycles. The summed E-state index contributed by atoms with van der Waals surface area (Å²) in [5.74, 6) is -0.656. The highest BCUT2D eigenvalue weighted by Crippen LogP contribution is 2.29. The Labute approximate surface area is 162 Å². The van der Waals surface area contributed by atoms with Crippen molar-refractivity contribution in [3.63, 3.8) is 0 Å². The molecule has 0 aromatic heterocycles. The van der Waals surface area contributed by atoms with Gasteiger partial charge in [0.05, 0.1) is 10.6 Å². The van der Waals surface area contributed by atoms with Gasteiger partial charge in [-0.2, -0.15) is 0 Å². The van der Waals surface area contributed by atoms with E-state index in [2.05, 4.69) is 4.72 Å². The summed E-state index contributed by atoms with van der Waals surface area (Å²) in [5, 5.41) is 0.537. The van der Waals surface area contributed by atoms with E-state index in [4.69, 9.17) is 27.9 Å². The first-order valence-corrected chi connectivity index (χ1v) is 10.3. The highest BCUT2D eigenvalue weighted by atomic mass is 35.5. The summed E-state index contributed by atoms with van der Waals surface area (Å²) in [5.41, 5.74) is 0.768. The zero-order valence-electron chi connectivity index (χ0n) is 13.9. The fourth-order valence-corrected chi connectivity index (χ4v) is 4.54. The van der Waals surface area contributed by atoms with Crippen LogP contribution in [0.4, 0.5) is 0 Å². The lowest BCUT2D eigenvalue weighted by molar-refractivity contribution is 0.0338. The lowest BCUT2D eigenvalue weighted by Gasteiger charge is -2.15. The van der Waals surface area contributed by atoms with E-state index >= 15 is 0 Å². The lowest BCUT2D eigenvalue weighted by atomic mass is 10.1. The van der Waals surface area contributed by atoms with Crippen LogP contribution < -0.4 is 4.72 Å². The Kier molecular flexibility index (Phi) is 5.58. The predicted octanol–water partition coefficient (Wildman–Crippen LogP) is 4.35. The van der Waals surface area contributed by atoms with Crippen LogP contribution in [0.3, 0.4) is 0 Å². The van der Waals surface area contributed by atoms with E-state index in [0.717, 1.165) is 12.8 Å². The number of nitrogens with one attached hydrogen (secondary N) is 1. The predicted molar refractivity (Wildman–Crippen MR) is 100 cm³/mol. The first-order valence-electron chi connectivity index (χ1n) is 8.05. The molecule has 1 unspecified atom stereocenters. The molecular weight excluding hydrogens is 397 g/mol. The van der Waals surface area contributed by atoms with Crippen LogP contribution in [0.2, 0.25) is 10.0 Å². The van der Waals surface area contributed by atoms with E-state index in [1.807, 2.05) is 0 Å². The topological polar surface area (TPSA) is 72.5 Å². The molecule has 138 valence electrons. The fraction of sp³-hybridized carbons (Fsp3) is 0.278. The zero-order chi connectivity index (χ0) is 18.9. The summed E-state index contributed by atoms with van der Waals surface area (Å²) in [6, 6.07) is 11.0. The summed E-state index contributed by atoms with van der Waals surface area (Å²) in [6.07, 6.45) is 1.01. The van der Waals surface area contributed by atoms with E-state index < -0.39 is 22.1 Å². The van der Waals surface area contributed by atoms with Crippen LogP contribution in [0, 0.1) is 0 Å². The molecule has 0 aliphatic heterocycles. The second-order valence-electron chi connectivity index (χ2n) is 6.11. The molecule has 1 aliphatic rings. The maximum Gasteiger partial charge on any atom is 0.338 e. The number of carbonyl (C=O) groups excluding carboxylic acids is 1. The normalized spacial score (nSPS) is 15.5. The van der Waals surface area contributed by atoms with Crippen molar-refractivity contribution in [2.75, 3.05) is 0 Å². The van der Waals surface area contributed by atoms with Crippen molar-refractivity contribution in [2.45, 2.75) is 36.8 Å². The Morgan fingerprint density at radius 2 is 1.85 bits per heavy atom. The third-order valence-corrected chi connectivity index (χ3v) is 6.33. The number of benzene rings is 2. The van der Waals surface area contributed by atoms with Gasteiger partial charge in [0.15, 0.2) is 0 Å². The van der Waals surface area contributed by atoms with Gasteiger partial charge in [-0.3, -0.25) is 0 Å². The van der Waals surface area contributed by atoms with Gasteiger partial charge in [0.1, 0.15) is 11.0 Å². The van der Waals surface area contributed by atoms with E-state index in [-0.39, 0.29) is 21.5 Å². The first-order chi connectivity index (χ1) is 12.3. The molecule has 5 nitrogen and oxygen atoms in total. The van der Waals surface area contributed by atoms with E-state index in [9.17, 15) is 13.2 Å². The second-order valence-corrected chi connectivity index (χ2v) is 8.61. The van der Waals surface area contributed by atoms with Crippen molar-refractivity contribution >= 4 is 39.2 Å². The summed E-state index contributed by atoms with van der Waals surface area (Å²) < 4.78 is 32.8. The van der Waals surface area contributed by atoms with Gasteiger partial charge >= 0.3 is 5.97 Å². The van der Waals surface area contributed by atoms with Crippen molar-refractivity contribution < 1.29 is 17.9 Å². The van der Waals surface area contributed by atoms with Gasteiger partial charge in [0.2, 0.25) is 10.0 Å². The highest BCUT2D eigenvalue weighted by Gasteiger charge is 2.30. The minimum absolute atomic E-state index is 0.0499. The molecule has 0 amide bonds. The summed E-state index contributed by atoms with van der Waals surface area (Å²) in [6.45, 7) is 1.70. The minimum atomic E-state index is -3.78. The van der Waals surface area contributed by atoms with Crippen molar-refractivity contribution in [1.29, 1.82) is 0 Å². The molecular formula is C18H17Cl2NO4S. The molecule has 0 radical (unpaired) electrons. The third kappa shape index (κ3) is 4.38. The summed E-state index contributed by atoms with van der Waals surface area (Å²) >= 11 is 12.1. The summed E-state index contributed by atoms with van der Waals surface area (Å²) in [7, 11) is -3.78. The lowest BCUT2D eigenvalue weighted by Crippen LogP contribution is -2.26. The van der Waals surface area contributed by atoms with Crippen LogP contribution in [0.1, 0.15) is 41.8 Å². The average molecular weight is 414 g/mol. The number of rotatable bonds is 6. The van der Waals surface area contributed by atoms with Gasteiger partial charge in [-0.05, 0) is 44.0 Å². The standard InChI is InChI=1S/C18H17Cl2NO4S/c1-11(14-4-2-3-5-15(14)19)25-18(22)12-6-9-16(20)17(10-12)26(23,24)21-13-7-8-13/h2-6,9-11,13,21H,7-8H2,1H3. The molecule has 1 N–H and O–H groups in total. The number of esters is 1. The van der Waals surface area contributed by atoms with E-state index in [1.54, 1.807) is 31.2 Å². The van der Waals surface area contributed by atoms with E-state index in [0.29, 0.717) is 10.6 Å². The molecule has 0 saturated heterocycles. The molecule has 2 aromatic rings. The number of hydrogen-bond donors (Lipinski definition) is 1. The third-order valence-electron chi connectivity index (χ3n) is 3.98. The first kappa shape index (κ1) is 19.2.